The topological polar surface area (TPSA) is 73.6 Å². The SMILES string of the molecule is CCOCCOc1cc(C)ccc1CNC(=O)[C@@H](N)CC(C)C. The Morgan fingerprint density at radius 2 is 2.04 bits per heavy atom. The minimum atomic E-state index is -0.470. The fourth-order valence-electron chi connectivity index (χ4n) is 2.23. The highest BCUT2D eigenvalue weighted by Crippen LogP contribution is 2.20. The van der Waals surface area contributed by atoms with Gasteiger partial charge in [0, 0.05) is 18.7 Å². The largest absolute Gasteiger partial charge is 0.491 e. The molecule has 0 heterocycles. The molecule has 130 valence electrons. The van der Waals surface area contributed by atoms with Crippen LogP contribution < -0.4 is 15.8 Å². The molecule has 1 atom stereocenters. The van der Waals surface area contributed by atoms with Crippen molar-refractivity contribution in [1.29, 1.82) is 0 Å². The summed E-state index contributed by atoms with van der Waals surface area (Å²) in [5.74, 6) is 1.05. The molecule has 0 unspecified atom stereocenters. The van der Waals surface area contributed by atoms with Gasteiger partial charge in [-0.3, -0.25) is 4.79 Å². The molecule has 0 spiro atoms. The van der Waals surface area contributed by atoms with Gasteiger partial charge in [0.05, 0.1) is 12.6 Å². The van der Waals surface area contributed by atoms with Crippen LogP contribution >= 0.6 is 0 Å². The van der Waals surface area contributed by atoms with Crippen molar-refractivity contribution in [1.82, 2.24) is 5.32 Å². The summed E-state index contributed by atoms with van der Waals surface area (Å²) >= 11 is 0. The third-order valence-corrected chi connectivity index (χ3v) is 3.43. The Balaban J connectivity index is 2.59. The molecule has 1 amide bonds. The molecule has 0 bridgehead atoms. The van der Waals surface area contributed by atoms with Crippen LogP contribution in [-0.2, 0) is 16.1 Å². The lowest BCUT2D eigenvalue weighted by molar-refractivity contribution is -0.122. The first-order chi connectivity index (χ1) is 10.9. The average Bonchev–Trinajstić information content (AvgIpc) is 2.49. The van der Waals surface area contributed by atoms with Gasteiger partial charge in [-0.2, -0.15) is 0 Å². The molecule has 0 aliphatic carbocycles. The van der Waals surface area contributed by atoms with E-state index in [1.807, 2.05) is 32.0 Å². The van der Waals surface area contributed by atoms with Gasteiger partial charge >= 0.3 is 0 Å². The van der Waals surface area contributed by atoms with Crippen molar-refractivity contribution in [2.24, 2.45) is 11.7 Å². The molecule has 0 aromatic heterocycles. The first-order valence-corrected chi connectivity index (χ1v) is 8.27. The zero-order chi connectivity index (χ0) is 17.2. The first-order valence-electron chi connectivity index (χ1n) is 8.27. The Hall–Kier alpha value is -1.59. The lowest BCUT2D eigenvalue weighted by Gasteiger charge is -2.16. The number of carbonyl (C=O) groups excluding carboxylic acids is 1. The molecule has 3 N–H and O–H groups in total. The number of nitrogens with two attached hydrogens (primary N) is 1. The van der Waals surface area contributed by atoms with Crippen molar-refractivity contribution >= 4 is 5.91 Å². The number of rotatable bonds is 10. The number of aryl methyl sites for hydroxylation is 1. The smallest absolute Gasteiger partial charge is 0.237 e. The van der Waals surface area contributed by atoms with Crippen molar-refractivity contribution in [3.05, 3.63) is 29.3 Å². The van der Waals surface area contributed by atoms with Gasteiger partial charge in [-0.05, 0) is 37.8 Å². The summed E-state index contributed by atoms with van der Waals surface area (Å²) < 4.78 is 11.1. The molecule has 1 rings (SSSR count). The predicted octanol–water partition coefficient (Wildman–Crippen LogP) is 2.40. The van der Waals surface area contributed by atoms with Gasteiger partial charge in [-0.25, -0.2) is 0 Å². The van der Waals surface area contributed by atoms with E-state index in [1.54, 1.807) is 0 Å². The van der Waals surface area contributed by atoms with E-state index in [2.05, 4.69) is 19.2 Å². The molecule has 0 fully saturated rings. The van der Waals surface area contributed by atoms with Crippen LogP contribution in [0.1, 0.15) is 38.3 Å². The van der Waals surface area contributed by atoms with Gasteiger partial charge < -0.3 is 20.5 Å². The number of nitrogens with one attached hydrogen (secondary N) is 1. The number of hydrogen-bond donors (Lipinski definition) is 2. The van der Waals surface area contributed by atoms with Crippen LogP contribution in [0.25, 0.3) is 0 Å². The Morgan fingerprint density at radius 3 is 2.70 bits per heavy atom. The van der Waals surface area contributed by atoms with Gasteiger partial charge in [-0.15, -0.1) is 0 Å². The Bertz CT molecular complexity index is 489. The molecule has 23 heavy (non-hydrogen) atoms. The van der Waals surface area contributed by atoms with Crippen molar-refractivity contribution < 1.29 is 14.3 Å². The van der Waals surface area contributed by atoms with Crippen molar-refractivity contribution in [3.8, 4) is 5.75 Å². The molecule has 5 nitrogen and oxygen atoms in total. The lowest BCUT2D eigenvalue weighted by Crippen LogP contribution is -2.41. The second-order valence-electron chi connectivity index (χ2n) is 6.11. The molecular weight excluding hydrogens is 292 g/mol. The third-order valence-electron chi connectivity index (χ3n) is 3.43. The van der Waals surface area contributed by atoms with Crippen LogP contribution in [0.4, 0.5) is 0 Å². The van der Waals surface area contributed by atoms with E-state index in [0.717, 1.165) is 16.9 Å². The summed E-state index contributed by atoms with van der Waals surface area (Å²) in [6, 6.07) is 5.48. The highest BCUT2D eigenvalue weighted by Gasteiger charge is 2.15. The maximum Gasteiger partial charge on any atom is 0.237 e. The van der Waals surface area contributed by atoms with E-state index in [9.17, 15) is 4.79 Å². The Labute approximate surface area is 139 Å². The monoisotopic (exact) mass is 322 g/mol. The highest BCUT2D eigenvalue weighted by atomic mass is 16.5. The van der Waals surface area contributed by atoms with Crippen LogP contribution in [-0.4, -0.2) is 31.8 Å². The van der Waals surface area contributed by atoms with Crippen LogP contribution in [0.3, 0.4) is 0 Å². The molecular formula is C18H30N2O3. The first kappa shape index (κ1) is 19.5. The van der Waals surface area contributed by atoms with Gasteiger partial charge in [-0.1, -0.05) is 26.0 Å². The van der Waals surface area contributed by atoms with Gasteiger partial charge in [0.15, 0.2) is 0 Å². The van der Waals surface area contributed by atoms with Gasteiger partial charge in [0.25, 0.3) is 0 Å². The molecule has 0 aliphatic rings. The average molecular weight is 322 g/mol. The molecule has 0 saturated heterocycles. The van der Waals surface area contributed by atoms with Crippen molar-refractivity contribution in [2.45, 2.75) is 46.7 Å². The normalized spacial score (nSPS) is 12.3. The van der Waals surface area contributed by atoms with Crippen LogP contribution in [0.2, 0.25) is 0 Å². The molecule has 1 aromatic carbocycles. The third kappa shape index (κ3) is 7.48. The predicted molar refractivity (Wildman–Crippen MR) is 92.4 cm³/mol. The van der Waals surface area contributed by atoms with Crippen LogP contribution in [0.5, 0.6) is 5.75 Å². The summed E-state index contributed by atoms with van der Waals surface area (Å²) in [6.45, 7) is 10.2. The number of hydrogen-bond acceptors (Lipinski definition) is 4. The molecule has 0 radical (unpaired) electrons. The van der Waals surface area contributed by atoms with E-state index >= 15 is 0 Å². The van der Waals surface area contributed by atoms with Crippen LogP contribution in [0, 0.1) is 12.8 Å². The molecule has 0 aliphatic heterocycles. The second-order valence-corrected chi connectivity index (χ2v) is 6.11. The summed E-state index contributed by atoms with van der Waals surface area (Å²) in [6.07, 6.45) is 0.678. The van der Waals surface area contributed by atoms with Gasteiger partial charge in [0.2, 0.25) is 5.91 Å². The maximum absolute atomic E-state index is 12.0. The minimum Gasteiger partial charge on any atom is -0.491 e. The summed E-state index contributed by atoms with van der Waals surface area (Å²) in [5.41, 5.74) is 7.95. The number of carbonyl (C=O) groups is 1. The number of benzene rings is 1. The lowest BCUT2D eigenvalue weighted by atomic mass is 10.0. The van der Waals surface area contributed by atoms with Crippen molar-refractivity contribution in [2.75, 3.05) is 19.8 Å². The van der Waals surface area contributed by atoms with E-state index in [-0.39, 0.29) is 5.91 Å². The fourth-order valence-corrected chi connectivity index (χ4v) is 2.23. The Kier molecular flexibility index (Phi) is 8.66. The maximum atomic E-state index is 12.0. The zero-order valence-electron chi connectivity index (χ0n) is 14.7. The molecule has 5 heteroatoms. The van der Waals surface area contributed by atoms with E-state index in [1.165, 1.54) is 0 Å². The number of ether oxygens (including phenoxy) is 2. The van der Waals surface area contributed by atoms with E-state index < -0.39 is 6.04 Å². The van der Waals surface area contributed by atoms with E-state index in [4.69, 9.17) is 15.2 Å². The minimum absolute atomic E-state index is 0.125. The van der Waals surface area contributed by atoms with E-state index in [0.29, 0.717) is 38.7 Å². The summed E-state index contributed by atoms with van der Waals surface area (Å²) in [7, 11) is 0. The fraction of sp³-hybridized carbons (Fsp3) is 0.611. The van der Waals surface area contributed by atoms with Gasteiger partial charge in [0.1, 0.15) is 12.4 Å². The Morgan fingerprint density at radius 1 is 1.30 bits per heavy atom. The molecule has 1 aromatic rings. The highest BCUT2D eigenvalue weighted by molar-refractivity contribution is 5.81. The van der Waals surface area contributed by atoms with Crippen LogP contribution in [0.15, 0.2) is 18.2 Å². The summed E-state index contributed by atoms with van der Waals surface area (Å²) in [5, 5.41) is 2.89. The second kappa shape index (κ2) is 10.2. The molecule has 0 saturated carbocycles. The summed E-state index contributed by atoms with van der Waals surface area (Å²) in [4.78, 5) is 12.0. The quantitative estimate of drug-likeness (QED) is 0.649. The zero-order valence-corrected chi connectivity index (χ0v) is 14.7. The standard InChI is InChI=1S/C18H30N2O3/c1-5-22-8-9-23-17-11-14(4)6-7-15(17)12-20-18(21)16(19)10-13(2)3/h6-7,11,13,16H,5,8-10,12,19H2,1-4H3,(H,20,21)/t16-/m0/s1. The van der Waals surface area contributed by atoms with Crippen molar-refractivity contribution in [3.63, 3.8) is 0 Å². The number of amides is 1.